The van der Waals surface area contributed by atoms with E-state index < -0.39 is 71.3 Å². The molecule has 0 spiro atoms. The van der Waals surface area contributed by atoms with Crippen molar-refractivity contribution in [2.24, 2.45) is 0 Å². The lowest BCUT2D eigenvalue weighted by Gasteiger charge is -2.28. The van der Waals surface area contributed by atoms with Gasteiger partial charge in [0.2, 0.25) is 11.6 Å². The van der Waals surface area contributed by atoms with E-state index in [-0.39, 0.29) is 4.90 Å². The number of ether oxygens (including phenoxy) is 3. The highest BCUT2D eigenvalue weighted by Crippen LogP contribution is 2.32. The zero-order valence-electron chi connectivity index (χ0n) is 16.5. The van der Waals surface area contributed by atoms with Gasteiger partial charge in [0.1, 0.15) is 18.8 Å². The van der Waals surface area contributed by atoms with Crippen molar-refractivity contribution >= 4 is 17.7 Å². The Morgan fingerprint density at radius 1 is 1.20 bits per heavy atom. The molecule has 0 radical (unpaired) electrons. The molecule has 30 heavy (non-hydrogen) atoms. The van der Waals surface area contributed by atoms with E-state index in [2.05, 4.69) is 4.74 Å². The fourth-order valence-corrected chi connectivity index (χ4v) is 2.14. The topological polar surface area (TPSA) is 108 Å². The van der Waals surface area contributed by atoms with Crippen LogP contribution in [0.2, 0.25) is 0 Å². The number of nitro groups is 1. The molecule has 1 aromatic rings. The molecule has 0 bridgehead atoms. The van der Waals surface area contributed by atoms with E-state index in [9.17, 15) is 37.3 Å². The largest absolute Gasteiger partial charge is 0.485 e. The third-order valence-corrected chi connectivity index (χ3v) is 3.27. The Balaban J connectivity index is 3.06. The predicted octanol–water partition coefficient (Wildman–Crippen LogP) is 3.70. The highest BCUT2D eigenvalue weighted by molar-refractivity contribution is 5.90. The first-order valence-electron chi connectivity index (χ1n) is 8.38. The Morgan fingerprint density at radius 2 is 1.80 bits per heavy atom. The van der Waals surface area contributed by atoms with Crippen LogP contribution in [0.1, 0.15) is 31.1 Å². The van der Waals surface area contributed by atoms with Gasteiger partial charge in [0.05, 0.1) is 24.1 Å². The molecular formula is C17H20F4N2O7. The van der Waals surface area contributed by atoms with Gasteiger partial charge in [-0.1, -0.05) is 0 Å². The van der Waals surface area contributed by atoms with E-state index >= 15 is 0 Å². The molecule has 0 unspecified atom stereocenters. The molecule has 1 amide bonds. The Hall–Kier alpha value is -3.12. The SMILES string of the molecule is COC(=O)c1cc(F)c([N+](=O)[O-])c(OCCN(CC(F)(F)F)C(=O)OC(C)(C)C)c1. The van der Waals surface area contributed by atoms with Gasteiger partial charge in [-0.25, -0.2) is 9.59 Å². The summed E-state index contributed by atoms with van der Waals surface area (Å²) in [6.07, 6.45) is -6.03. The summed E-state index contributed by atoms with van der Waals surface area (Å²) in [6, 6.07) is 1.38. The number of alkyl halides is 3. The van der Waals surface area contributed by atoms with Crippen LogP contribution in [0, 0.1) is 15.9 Å². The van der Waals surface area contributed by atoms with Crippen molar-refractivity contribution < 1.29 is 46.3 Å². The number of hydrogen-bond acceptors (Lipinski definition) is 7. The number of carbonyl (C=O) groups excluding carboxylic acids is 2. The van der Waals surface area contributed by atoms with Gasteiger partial charge >= 0.3 is 23.9 Å². The molecule has 1 rings (SSSR count). The second kappa shape index (κ2) is 9.59. The number of halogens is 4. The molecule has 0 aliphatic carbocycles. The molecule has 0 aliphatic rings. The molecular weight excluding hydrogens is 420 g/mol. The van der Waals surface area contributed by atoms with Crippen LogP contribution < -0.4 is 4.74 Å². The van der Waals surface area contributed by atoms with Crippen molar-refractivity contribution in [2.75, 3.05) is 26.8 Å². The van der Waals surface area contributed by atoms with Gasteiger partial charge in [-0.2, -0.15) is 17.6 Å². The number of esters is 1. The Bertz CT molecular complexity index is 807. The number of rotatable bonds is 7. The standard InChI is InChI=1S/C17H20F4N2O7/c1-16(2,3)30-15(25)22(9-17(19,20)21)5-6-29-12-8-10(14(24)28-4)7-11(18)13(12)23(26)27/h7-8H,5-6,9H2,1-4H3. The van der Waals surface area contributed by atoms with Crippen molar-refractivity contribution in [3.63, 3.8) is 0 Å². The van der Waals surface area contributed by atoms with Gasteiger partial charge in [-0.15, -0.1) is 0 Å². The lowest BCUT2D eigenvalue weighted by molar-refractivity contribution is -0.388. The van der Waals surface area contributed by atoms with Crippen LogP contribution >= 0.6 is 0 Å². The normalized spacial score (nSPS) is 11.6. The molecule has 0 saturated carbocycles. The van der Waals surface area contributed by atoms with Gasteiger partial charge in [-0.05, 0) is 26.8 Å². The second-order valence-electron chi connectivity index (χ2n) is 6.92. The smallest absolute Gasteiger partial charge is 0.410 e. The minimum atomic E-state index is -4.75. The fourth-order valence-electron chi connectivity index (χ4n) is 2.14. The van der Waals surface area contributed by atoms with Crippen molar-refractivity contribution in [3.8, 4) is 5.75 Å². The summed E-state index contributed by atoms with van der Waals surface area (Å²) in [5.41, 5.74) is -2.60. The average molecular weight is 440 g/mol. The molecule has 13 heteroatoms. The van der Waals surface area contributed by atoms with Crippen LogP contribution in [-0.2, 0) is 9.47 Å². The van der Waals surface area contributed by atoms with E-state index in [4.69, 9.17) is 9.47 Å². The fraction of sp³-hybridized carbons (Fsp3) is 0.529. The first-order valence-corrected chi connectivity index (χ1v) is 8.38. The van der Waals surface area contributed by atoms with Gasteiger partial charge in [0, 0.05) is 6.07 Å². The molecule has 0 saturated heterocycles. The van der Waals surface area contributed by atoms with Gasteiger partial charge in [0.15, 0.2) is 0 Å². The van der Waals surface area contributed by atoms with E-state index in [1.54, 1.807) is 0 Å². The van der Waals surface area contributed by atoms with Crippen molar-refractivity contribution in [3.05, 3.63) is 33.6 Å². The number of nitrogens with zero attached hydrogens (tertiary/aromatic N) is 2. The summed E-state index contributed by atoms with van der Waals surface area (Å²) in [5.74, 6) is -3.13. The minimum Gasteiger partial charge on any atom is -0.485 e. The zero-order chi connectivity index (χ0) is 23.3. The average Bonchev–Trinajstić information content (AvgIpc) is 2.56. The number of nitro benzene ring substituents is 1. The van der Waals surface area contributed by atoms with Crippen LogP contribution in [0.4, 0.5) is 28.0 Å². The van der Waals surface area contributed by atoms with E-state index in [0.717, 1.165) is 13.2 Å². The Labute approximate surface area is 168 Å². The van der Waals surface area contributed by atoms with Crippen molar-refractivity contribution in [2.45, 2.75) is 32.5 Å². The van der Waals surface area contributed by atoms with Crippen molar-refractivity contribution in [1.29, 1.82) is 0 Å². The third kappa shape index (κ3) is 7.72. The van der Waals surface area contributed by atoms with E-state index in [1.807, 2.05) is 0 Å². The van der Waals surface area contributed by atoms with Crippen LogP contribution in [-0.4, -0.2) is 60.5 Å². The summed E-state index contributed by atoms with van der Waals surface area (Å²) < 4.78 is 66.7. The first kappa shape index (κ1) is 24.9. The highest BCUT2D eigenvalue weighted by Gasteiger charge is 2.35. The molecule has 1 aromatic carbocycles. The lowest BCUT2D eigenvalue weighted by atomic mass is 10.2. The summed E-state index contributed by atoms with van der Waals surface area (Å²) in [4.78, 5) is 33.8. The molecule has 0 aliphatic heterocycles. The maximum absolute atomic E-state index is 14.0. The number of carbonyl (C=O) groups is 2. The van der Waals surface area contributed by atoms with E-state index in [1.165, 1.54) is 20.8 Å². The Kier molecular flexibility index (Phi) is 7.96. The maximum Gasteiger partial charge on any atom is 0.410 e. The van der Waals surface area contributed by atoms with Crippen LogP contribution in [0.5, 0.6) is 5.75 Å². The monoisotopic (exact) mass is 440 g/mol. The summed E-state index contributed by atoms with van der Waals surface area (Å²) in [6.45, 7) is 1.34. The van der Waals surface area contributed by atoms with E-state index in [0.29, 0.717) is 6.07 Å². The summed E-state index contributed by atoms with van der Waals surface area (Å²) in [7, 11) is 0.998. The van der Waals surface area contributed by atoms with Gasteiger partial charge < -0.3 is 14.2 Å². The molecule has 0 heterocycles. The zero-order valence-corrected chi connectivity index (χ0v) is 16.5. The second-order valence-corrected chi connectivity index (χ2v) is 6.92. The molecule has 168 valence electrons. The Morgan fingerprint density at radius 3 is 2.27 bits per heavy atom. The van der Waals surface area contributed by atoms with Gasteiger partial charge in [0.25, 0.3) is 0 Å². The number of hydrogen-bond donors (Lipinski definition) is 0. The van der Waals surface area contributed by atoms with Crippen molar-refractivity contribution in [1.82, 2.24) is 4.90 Å². The number of methoxy groups -OCH3 is 1. The summed E-state index contributed by atoms with van der Waals surface area (Å²) >= 11 is 0. The van der Waals surface area contributed by atoms with Crippen LogP contribution in [0.3, 0.4) is 0 Å². The molecule has 0 aromatic heterocycles. The van der Waals surface area contributed by atoms with Gasteiger partial charge in [-0.3, -0.25) is 15.0 Å². The summed E-state index contributed by atoms with van der Waals surface area (Å²) in [5, 5.41) is 11.1. The molecule has 0 fully saturated rings. The molecule has 9 nitrogen and oxygen atoms in total. The number of benzene rings is 1. The quantitative estimate of drug-likeness (QED) is 0.275. The minimum absolute atomic E-state index is 0.289. The first-order chi connectivity index (χ1) is 13.6. The molecule has 0 atom stereocenters. The predicted molar refractivity (Wildman–Crippen MR) is 93.8 cm³/mol. The highest BCUT2D eigenvalue weighted by atomic mass is 19.4. The number of amides is 1. The third-order valence-electron chi connectivity index (χ3n) is 3.27. The van der Waals surface area contributed by atoms with Crippen LogP contribution in [0.25, 0.3) is 0 Å². The lowest BCUT2D eigenvalue weighted by Crippen LogP contribution is -2.44. The maximum atomic E-state index is 14.0. The van der Waals surface area contributed by atoms with Crippen LogP contribution in [0.15, 0.2) is 12.1 Å². The molecule has 0 N–H and O–H groups in total.